The van der Waals surface area contributed by atoms with Gasteiger partial charge in [0.2, 0.25) is 23.6 Å². The summed E-state index contributed by atoms with van der Waals surface area (Å²) in [6.45, 7) is 21.1. The second kappa shape index (κ2) is 27.5. The van der Waals surface area contributed by atoms with Gasteiger partial charge in [0, 0.05) is 142 Å². The molecule has 8 heterocycles. The number of rotatable bonds is 23. The highest BCUT2D eigenvalue weighted by Crippen LogP contribution is 2.49. The molecule has 6 aliphatic heterocycles. The Morgan fingerprint density at radius 1 is 0.602 bits per heavy atom. The second-order valence-electron chi connectivity index (χ2n) is 28.2. The molecule has 0 spiro atoms. The van der Waals surface area contributed by atoms with E-state index in [4.69, 9.17) is 11.5 Å². The third-order valence-corrected chi connectivity index (χ3v) is 20.5. The van der Waals surface area contributed by atoms with Crippen LogP contribution >= 0.6 is 0 Å². The Labute approximate surface area is 517 Å². The lowest BCUT2D eigenvalue weighted by Gasteiger charge is -2.52. The van der Waals surface area contributed by atoms with Gasteiger partial charge in [0.1, 0.15) is 11.6 Å². The summed E-state index contributed by atoms with van der Waals surface area (Å²) in [4.78, 5) is 102. The molecule has 4 fully saturated rings. The van der Waals surface area contributed by atoms with Crippen molar-refractivity contribution in [1.82, 2.24) is 40.2 Å². The number of H-pyrrole nitrogens is 2. The molecule has 2 aromatic heterocycles. The quantitative estimate of drug-likeness (QED) is 0.0477. The second-order valence-corrected chi connectivity index (χ2v) is 28.2. The van der Waals surface area contributed by atoms with Gasteiger partial charge in [-0.1, -0.05) is 77.6 Å². The number of carbonyl (C=O) groups excluding carboxylic acids is 4. The van der Waals surface area contributed by atoms with Crippen LogP contribution in [0.2, 0.25) is 0 Å². The maximum atomic E-state index is 14.8. The van der Waals surface area contributed by atoms with E-state index < -0.39 is 16.2 Å². The minimum Gasteiger partial charge on any atom is -0.370 e. The van der Waals surface area contributed by atoms with Gasteiger partial charge >= 0.3 is 0 Å². The summed E-state index contributed by atoms with van der Waals surface area (Å²) >= 11 is 0. The first-order valence-electron chi connectivity index (χ1n) is 32.6. The van der Waals surface area contributed by atoms with Crippen molar-refractivity contribution >= 4 is 35.0 Å². The minimum atomic E-state index is -0.784. The van der Waals surface area contributed by atoms with Crippen molar-refractivity contribution in [2.24, 2.45) is 28.7 Å². The average molecular weight is 1220 g/mol. The van der Waals surface area contributed by atoms with Crippen molar-refractivity contribution in [2.75, 3.05) is 101 Å². The molecule has 4 amide bonds. The van der Waals surface area contributed by atoms with E-state index >= 15 is 0 Å². The summed E-state index contributed by atoms with van der Waals surface area (Å²) in [6.07, 6.45) is 9.56. The van der Waals surface area contributed by atoms with Crippen LogP contribution in [-0.2, 0) is 42.8 Å². The lowest BCUT2D eigenvalue weighted by molar-refractivity contribution is -0.141. The Bertz CT molecular complexity index is 3070. The van der Waals surface area contributed by atoms with Crippen LogP contribution < -0.4 is 43.0 Å². The zero-order valence-electron chi connectivity index (χ0n) is 52.9. The third kappa shape index (κ3) is 14.8. The number of hydrogen-bond acceptors (Lipinski definition) is 12. The van der Waals surface area contributed by atoms with Crippen LogP contribution in [0.4, 0.5) is 20.2 Å². The fourth-order valence-electron chi connectivity index (χ4n) is 15.8. The molecule has 20 heteroatoms. The number of anilines is 2. The van der Waals surface area contributed by atoms with E-state index in [1.807, 2.05) is 49.6 Å². The number of unbranched alkanes of at least 4 members (excludes halogenated alkanes) is 4. The fraction of sp³-hybridized carbons (Fsp3) is 0.618. The lowest BCUT2D eigenvalue weighted by atomic mass is 9.59. The van der Waals surface area contributed by atoms with Crippen LogP contribution in [0, 0.1) is 28.9 Å². The highest BCUT2D eigenvalue weighted by molar-refractivity contribution is 5.98. The molecule has 4 saturated heterocycles. The van der Waals surface area contributed by atoms with Crippen LogP contribution in [0.15, 0.2) is 70.3 Å². The van der Waals surface area contributed by atoms with Gasteiger partial charge in [0.15, 0.2) is 0 Å². The van der Waals surface area contributed by atoms with E-state index in [0.717, 1.165) is 93.4 Å². The standard InChI is InChI=1S/C68H96F2N12O6/c1-44-34-79(40-59(84)81-42-66(3,4)61-56(81)30-48(63(86)75-61)28-46-17-21-52(69)22-18-46)54(32-73-44)38-77-26-12-14-50(36-77)68(65(72)88,25-11-9-7-8-10-16-58(71)83)51-15-13-27-78(37-51)39-55-33-74-45(2)35-80(55)41-60(85)82-43-67(5,6)62-57(82)31-49(64(87)76-62)29-47-19-23-53(70)24-20-47/h17-24,30-31,44-45,50-51,54-55,73-74H,7-16,25-29,32-43H2,1-6H3,(H2,71,83)(H2,72,88)(H,75,86)(H,76,87)/t44-,45-,50-,51-,54-,55-/m1/s1. The summed E-state index contributed by atoms with van der Waals surface area (Å²) in [7, 11) is 0. The number of primary amides is 2. The zero-order valence-corrected chi connectivity index (χ0v) is 52.9. The number of likely N-dealkylation sites (tertiary alicyclic amines) is 2. The van der Waals surface area contributed by atoms with Gasteiger partial charge in [-0.05, 0) is 125 Å². The SMILES string of the molecule is C[C@@H]1CN(CC(=O)N2CC(C)(C)c3[nH]c(=O)c(Cc4ccc(F)cc4)cc32)[C@@H](CN2CCC[C@@H](C(CCCCCCCC(N)=O)(C(N)=O)[C@@H]3CCCN(C[C@H]4CN[C@H](C)CN4CC(=O)N4CC(C)(C)c5[nH]c(=O)c(Cc6ccc(F)cc6)cc54)C3)C2)CN1. The van der Waals surface area contributed by atoms with Crippen molar-refractivity contribution in [3.63, 3.8) is 0 Å². The fourth-order valence-corrected chi connectivity index (χ4v) is 15.8. The Kier molecular flexibility index (Phi) is 20.3. The van der Waals surface area contributed by atoms with Gasteiger partial charge in [0.05, 0.1) is 29.9 Å². The molecule has 0 unspecified atom stereocenters. The molecular weight excluding hydrogens is 1120 g/mol. The molecular formula is C68H96F2N12O6. The molecule has 0 bridgehead atoms. The number of halogens is 2. The van der Waals surface area contributed by atoms with Crippen molar-refractivity contribution < 1.29 is 28.0 Å². The van der Waals surface area contributed by atoms with Crippen LogP contribution in [-0.4, -0.2) is 169 Å². The number of piperazine rings is 2. The van der Waals surface area contributed by atoms with Crippen molar-refractivity contribution in [1.29, 1.82) is 0 Å². The molecule has 4 aromatic rings. The smallest absolute Gasteiger partial charge is 0.251 e. The molecule has 0 aliphatic carbocycles. The maximum Gasteiger partial charge on any atom is 0.251 e. The molecule has 0 saturated carbocycles. The molecule has 8 N–H and O–H groups in total. The van der Waals surface area contributed by atoms with Crippen LogP contribution in [0.3, 0.4) is 0 Å². The predicted molar refractivity (Wildman–Crippen MR) is 340 cm³/mol. The van der Waals surface area contributed by atoms with E-state index in [-0.39, 0.29) is 95.5 Å². The summed E-state index contributed by atoms with van der Waals surface area (Å²) in [5.74, 6) is -1.27. The number of hydrogen-bond donors (Lipinski definition) is 6. The van der Waals surface area contributed by atoms with Crippen molar-refractivity contribution in [3.05, 3.63) is 127 Å². The summed E-state index contributed by atoms with van der Waals surface area (Å²) in [5, 5.41) is 7.41. The van der Waals surface area contributed by atoms with Gasteiger partial charge in [-0.2, -0.15) is 0 Å². The third-order valence-electron chi connectivity index (χ3n) is 20.5. The number of aromatic amines is 2. The monoisotopic (exact) mass is 1210 g/mol. The predicted octanol–water partition coefficient (Wildman–Crippen LogP) is 5.91. The maximum absolute atomic E-state index is 14.8. The molecule has 18 nitrogen and oxygen atoms in total. The largest absolute Gasteiger partial charge is 0.370 e. The number of aromatic nitrogens is 2. The topological polar surface area (TPSA) is 230 Å². The Morgan fingerprint density at radius 3 is 1.44 bits per heavy atom. The van der Waals surface area contributed by atoms with E-state index in [1.165, 1.54) is 24.3 Å². The highest BCUT2D eigenvalue weighted by atomic mass is 19.1. The van der Waals surface area contributed by atoms with E-state index in [0.29, 0.717) is 114 Å². The van der Waals surface area contributed by atoms with E-state index in [1.54, 1.807) is 24.3 Å². The number of nitrogens with two attached hydrogens (primary N) is 2. The number of benzene rings is 2. The highest BCUT2D eigenvalue weighted by Gasteiger charge is 2.52. The number of carbonyl (C=O) groups is 4. The first-order valence-corrected chi connectivity index (χ1v) is 32.6. The van der Waals surface area contributed by atoms with E-state index in [2.05, 4.69) is 54.0 Å². The van der Waals surface area contributed by atoms with Crippen LogP contribution in [0.1, 0.15) is 146 Å². The lowest BCUT2D eigenvalue weighted by Crippen LogP contribution is -2.63. The summed E-state index contributed by atoms with van der Waals surface area (Å²) in [5.41, 5.74) is 15.7. The molecule has 478 valence electrons. The van der Waals surface area contributed by atoms with E-state index in [9.17, 15) is 37.5 Å². The number of piperidine rings is 2. The van der Waals surface area contributed by atoms with Crippen molar-refractivity contribution in [3.8, 4) is 0 Å². The normalized spacial score (nSPS) is 24.3. The first-order chi connectivity index (χ1) is 42.0. The zero-order chi connectivity index (χ0) is 62.7. The van der Waals surface area contributed by atoms with Gasteiger partial charge in [0.25, 0.3) is 11.1 Å². The number of nitrogens with one attached hydrogen (secondary N) is 4. The number of fused-ring (bicyclic) bond motifs is 2. The van der Waals surface area contributed by atoms with Crippen molar-refractivity contribution in [2.45, 2.75) is 160 Å². The Morgan fingerprint density at radius 2 is 1.02 bits per heavy atom. The molecule has 2 aromatic carbocycles. The van der Waals surface area contributed by atoms with Crippen LogP contribution in [0.25, 0.3) is 0 Å². The molecule has 10 rings (SSSR count). The molecule has 6 aliphatic rings. The minimum absolute atomic E-state index is 0.00348. The first kappa shape index (κ1) is 64.8. The molecule has 88 heavy (non-hydrogen) atoms. The Balaban J connectivity index is 0.840. The van der Waals surface area contributed by atoms with Gasteiger partial charge in [-0.3, -0.25) is 38.6 Å². The summed E-state index contributed by atoms with van der Waals surface area (Å²) in [6, 6.07) is 16.3. The summed E-state index contributed by atoms with van der Waals surface area (Å²) < 4.78 is 27.6. The van der Waals surface area contributed by atoms with Crippen LogP contribution in [0.5, 0.6) is 0 Å². The Hall–Kier alpha value is -6.16. The molecule has 0 radical (unpaired) electrons. The molecule has 6 atom stereocenters. The number of nitrogens with zero attached hydrogens (tertiary/aromatic N) is 6. The average Bonchev–Trinajstić information content (AvgIpc) is 2.05. The number of pyridine rings is 2. The van der Waals surface area contributed by atoms with Gasteiger partial charge in [-0.15, -0.1) is 0 Å². The number of amides is 4. The van der Waals surface area contributed by atoms with Gasteiger partial charge in [-0.25, -0.2) is 8.78 Å². The van der Waals surface area contributed by atoms with Gasteiger partial charge < -0.3 is 51.7 Å².